The lowest BCUT2D eigenvalue weighted by Crippen LogP contribution is -2.03. The Morgan fingerprint density at radius 1 is 0.235 bits per heavy atom. The maximum atomic E-state index is 12.4. The molecule has 0 N–H and O–H groups in total. The van der Waals surface area contributed by atoms with E-state index in [2.05, 4.69) is 76.2 Å². The summed E-state index contributed by atoms with van der Waals surface area (Å²) in [5.41, 5.74) is 22.5. The van der Waals surface area contributed by atoms with Gasteiger partial charge in [-0.15, -0.1) is 0 Å². The zero-order chi connectivity index (χ0) is 57.6. The van der Waals surface area contributed by atoms with Crippen LogP contribution < -0.4 is 0 Å². The highest BCUT2D eigenvalue weighted by Gasteiger charge is 2.35. The maximum Gasteiger partial charge on any atom is 0.211 e. The molecule has 0 spiro atoms. The summed E-state index contributed by atoms with van der Waals surface area (Å²) in [5.74, 6) is 0. The Hall–Kier alpha value is -2.48. The average molecular weight is 1120 g/mol. The van der Waals surface area contributed by atoms with Gasteiger partial charge in [-0.05, 0) is 86.8 Å². The van der Waals surface area contributed by atoms with Crippen molar-refractivity contribution in [1.82, 2.24) is 0 Å². The molecule has 2 aromatic rings. The summed E-state index contributed by atoms with van der Waals surface area (Å²) in [4.78, 5) is 0. The summed E-state index contributed by atoms with van der Waals surface area (Å²) in [6.07, 6.45) is 81.9. The minimum atomic E-state index is 1.02. The highest BCUT2D eigenvalue weighted by atomic mass is 15.2. The first-order chi connectivity index (χ1) is 40.1. The second-order valence-corrected chi connectivity index (χ2v) is 26.4. The van der Waals surface area contributed by atoms with Gasteiger partial charge < -0.3 is 5.53 Å². The summed E-state index contributed by atoms with van der Waals surface area (Å²) in [6.45, 7) is 9.24. The minimum absolute atomic E-state index is 1.02. The van der Waals surface area contributed by atoms with Crippen LogP contribution in [0.3, 0.4) is 0 Å². The fourth-order valence-corrected chi connectivity index (χ4v) is 13.4. The Morgan fingerprint density at radius 3 is 0.679 bits per heavy atom. The van der Waals surface area contributed by atoms with Crippen molar-refractivity contribution in [3.63, 3.8) is 0 Å². The monoisotopic (exact) mass is 1120 g/mol. The van der Waals surface area contributed by atoms with Crippen LogP contribution in [0.2, 0.25) is 0 Å². The zero-order valence-corrected chi connectivity index (χ0v) is 55.2. The maximum absolute atomic E-state index is 12.4. The molecule has 2 aromatic carbocycles. The van der Waals surface area contributed by atoms with Gasteiger partial charge in [0, 0.05) is 22.3 Å². The molecule has 2 heteroatoms. The number of hydrogen-bond donors (Lipinski definition) is 0. The fourth-order valence-electron chi connectivity index (χ4n) is 13.4. The highest BCUT2D eigenvalue weighted by Crippen LogP contribution is 2.45. The van der Waals surface area contributed by atoms with Crippen LogP contribution in [0.5, 0.6) is 0 Å². The molecule has 0 saturated carbocycles. The van der Waals surface area contributed by atoms with Gasteiger partial charge in [0.25, 0.3) is 0 Å². The Balaban J connectivity index is 1.28. The molecule has 0 bridgehead atoms. The predicted octanol–water partition coefficient (Wildman–Crippen LogP) is 28.3. The number of benzene rings is 2. The van der Waals surface area contributed by atoms with E-state index in [1.807, 2.05) is 0 Å². The first kappa shape index (κ1) is 72.8. The van der Waals surface area contributed by atoms with Crippen molar-refractivity contribution in [3.05, 3.63) is 87.5 Å². The molecule has 1 aliphatic heterocycles. The van der Waals surface area contributed by atoms with Crippen LogP contribution in [0.1, 0.15) is 416 Å². The molecule has 0 aliphatic carbocycles. The molecule has 2 nitrogen and oxygen atoms in total. The van der Waals surface area contributed by atoms with Crippen LogP contribution in [-0.4, -0.2) is 4.70 Å². The number of nitrogens with zero attached hydrogens (tertiary/aromatic N) is 2. The van der Waals surface area contributed by atoms with Crippen LogP contribution in [0.4, 0.5) is 0 Å². The summed E-state index contributed by atoms with van der Waals surface area (Å²) in [5, 5.41) is 0. The van der Waals surface area contributed by atoms with E-state index in [0.29, 0.717) is 0 Å². The van der Waals surface area contributed by atoms with Crippen molar-refractivity contribution in [2.45, 2.75) is 407 Å². The fraction of sp³-hybridized carbons (Fsp3) is 0.797. The third kappa shape index (κ3) is 37.5. The Labute approximate surface area is 507 Å². The molecule has 0 unspecified atom stereocenters. The number of rotatable bonds is 61. The van der Waals surface area contributed by atoms with Gasteiger partial charge in [0.2, 0.25) is 11.4 Å². The lowest BCUT2D eigenvalue weighted by molar-refractivity contribution is -0.345. The summed E-state index contributed by atoms with van der Waals surface area (Å²) < 4.78 is 1.63. The van der Waals surface area contributed by atoms with E-state index in [9.17, 15) is 5.53 Å². The molecule has 464 valence electrons. The number of aryl methyl sites for hydroxylation is 2. The lowest BCUT2D eigenvalue weighted by atomic mass is 9.91. The van der Waals surface area contributed by atoms with Gasteiger partial charge in [0.1, 0.15) is 0 Å². The predicted molar refractivity (Wildman–Crippen MR) is 364 cm³/mol. The van der Waals surface area contributed by atoms with Crippen molar-refractivity contribution < 1.29 is 4.70 Å². The van der Waals surface area contributed by atoms with E-state index in [1.54, 1.807) is 4.70 Å². The first-order valence-electron chi connectivity index (χ1n) is 37.3. The summed E-state index contributed by atoms with van der Waals surface area (Å²) in [6, 6.07) is 18.5. The zero-order valence-electron chi connectivity index (χ0n) is 55.2. The summed E-state index contributed by atoms with van der Waals surface area (Å²) in [7, 11) is 0. The van der Waals surface area contributed by atoms with Crippen molar-refractivity contribution in [2.24, 2.45) is 0 Å². The van der Waals surface area contributed by atoms with Crippen molar-refractivity contribution >= 4 is 11.4 Å². The van der Waals surface area contributed by atoms with Gasteiger partial charge in [-0.1, -0.05) is 379 Å². The first-order valence-corrected chi connectivity index (χ1v) is 37.3. The summed E-state index contributed by atoms with van der Waals surface area (Å²) >= 11 is 0. The molecule has 3 rings (SSSR count). The average Bonchev–Trinajstić information content (AvgIpc) is 3.52. The highest BCUT2D eigenvalue weighted by molar-refractivity contribution is 5.82. The number of hydrogen-bond acceptors (Lipinski definition) is 0. The van der Waals surface area contributed by atoms with Crippen LogP contribution in [0.25, 0.3) is 16.9 Å². The van der Waals surface area contributed by atoms with E-state index in [-0.39, 0.29) is 0 Å². The van der Waals surface area contributed by atoms with E-state index < -0.39 is 0 Å². The van der Waals surface area contributed by atoms with E-state index in [1.165, 1.54) is 374 Å². The lowest BCUT2D eigenvalue weighted by Gasteiger charge is -2.12. The Morgan fingerprint density at radius 2 is 0.432 bits per heavy atom. The molecule has 1 aliphatic rings. The van der Waals surface area contributed by atoms with Gasteiger partial charge in [-0.2, -0.15) is 0 Å². The molecule has 0 radical (unpaired) electrons. The van der Waals surface area contributed by atoms with Gasteiger partial charge in [0.05, 0.1) is 0 Å². The molecule has 0 fully saturated rings. The van der Waals surface area contributed by atoms with E-state index in [0.717, 1.165) is 49.9 Å². The number of allylic oxidation sites excluding steroid dienone is 2. The second kappa shape index (κ2) is 54.2. The molecule has 0 saturated heterocycles. The second-order valence-electron chi connectivity index (χ2n) is 26.4. The van der Waals surface area contributed by atoms with Gasteiger partial charge in [-0.25, -0.2) is 4.70 Å². The molecular formula is C79H138N2. The topological polar surface area (TPSA) is 25.3 Å². The molecule has 0 atom stereocenters. The van der Waals surface area contributed by atoms with Crippen LogP contribution in [-0.2, 0) is 12.8 Å². The van der Waals surface area contributed by atoms with Gasteiger partial charge in [-0.3, -0.25) is 0 Å². The Kier molecular flexibility index (Phi) is 48.7. The number of unbranched alkanes of at least 4 members (excludes halogenated alkanes) is 51. The van der Waals surface area contributed by atoms with Crippen molar-refractivity contribution in [1.29, 1.82) is 0 Å². The van der Waals surface area contributed by atoms with Crippen molar-refractivity contribution in [3.8, 4) is 0 Å². The Bertz CT molecular complexity index is 1800. The molecule has 81 heavy (non-hydrogen) atoms. The van der Waals surface area contributed by atoms with Crippen LogP contribution in [0, 0.1) is 0 Å². The van der Waals surface area contributed by atoms with Gasteiger partial charge >= 0.3 is 0 Å². The molecule has 0 aromatic heterocycles. The van der Waals surface area contributed by atoms with Crippen molar-refractivity contribution in [2.75, 3.05) is 0 Å². The largest absolute Gasteiger partial charge is 0.493 e. The quantitative estimate of drug-likeness (QED) is 0.0466. The third-order valence-electron chi connectivity index (χ3n) is 18.7. The smallest absolute Gasteiger partial charge is 0.211 e. The van der Waals surface area contributed by atoms with E-state index in [4.69, 9.17) is 0 Å². The SMILES string of the molecule is CCCCCCCCCCCCCCCCCCCCCCCCCCCc1cccc(C2=C(CCCC)C(CCCCC)=C(c3cccc(CCCCCCCCCCCCCCCCCCCCCCCCCCC)c3)[N+]2=[N-])c1. The standard InChI is InChI=1S/C79H138N2/c1-5-9-13-15-17-19-21-23-25-27-29-31-33-35-37-39-41-43-45-47-49-51-53-55-58-62-72-64-60-66-74(70-72)78-76(68-12-8-4)77(69-57-11-7-3)79(81(78)80)75-67-61-65-73(71-75)63-59-56-54-52-50-48-46-44-42-40-38-36-34-32-30-28-26-24-22-20-18-16-14-10-6-2/h60-61,64-67,70-71H,5-59,62-63,68-69H2,1-4H3. The van der Waals surface area contributed by atoms with Crippen LogP contribution >= 0.6 is 0 Å². The molecular weight excluding hydrogens is 977 g/mol. The normalized spacial score (nSPS) is 12.8. The van der Waals surface area contributed by atoms with Gasteiger partial charge in [0.15, 0.2) is 0 Å². The molecule has 1 heterocycles. The molecule has 0 amide bonds. The minimum Gasteiger partial charge on any atom is -0.493 e. The van der Waals surface area contributed by atoms with Crippen LogP contribution in [0.15, 0.2) is 59.7 Å². The third-order valence-corrected chi connectivity index (χ3v) is 18.7. The van der Waals surface area contributed by atoms with E-state index >= 15 is 0 Å².